The van der Waals surface area contributed by atoms with Gasteiger partial charge in [-0.1, -0.05) is 6.92 Å². The maximum Gasteiger partial charge on any atom is 0.125 e. The quantitative estimate of drug-likeness (QED) is 0.862. The van der Waals surface area contributed by atoms with Gasteiger partial charge in [-0.15, -0.1) is 11.3 Å². The van der Waals surface area contributed by atoms with Crippen LogP contribution in [0.4, 0.5) is 0 Å². The number of nitrogens with zero attached hydrogens (tertiary/aromatic N) is 1. The fourth-order valence-electron chi connectivity index (χ4n) is 1.55. The highest BCUT2D eigenvalue weighted by atomic mass is 32.1. The predicted octanol–water partition coefficient (Wildman–Crippen LogP) is 3.00. The molecular formula is C12H22N2OS. The molecule has 0 fully saturated rings. The van der Waals surface area contributed by atoms with Crippen molar-refractivity contribution in [1.29, 1.82) is 0 Å². The number of nitrogens with one attached hydrogen (secondary N) is 1. The number of methoxy groups -OCH3 is 1. The summed E-state index contributed by atoms with van der Waals surface area (Å²) in [5, 5.41) is 4.33. The molecule has 1 aromatic rings. The topological polar surface area (TPSA) is 34.1 Å². The zero-order valence-electron chi connectivity index (χ0n) is 11.0. The molecule has 0 saturated carbocycles. The second kappa shape index (κ2) is 5.25. The second-order valence-corrected chi connectivity index (χ2v) is 5.30. The molecule has 92 valence electrons. The lowest BCUT2D eigenvalue weighted by atomic mass is 10.1. The van der Waals surface area contributed by atoms with Crippen molar-refractivity contribution in [3.8, 4) is 0 Å². The molecule has 4 heteroatoms. The lowest BCUT2D eigenvalue weighted by Gasteiger charge is -2.23. The molecule has 0 amide bonds. The Morgan fingerprint density at radius 3 is 2.62 bits per heavy atom. The van der Waals surface area contributed by atoms with Crippen molar-refractivity contribution >= 4 is 11.3 Å². The molecule has 1 N–H and O–H groups in total. The van der Waals surface area contributed by atoms with Crippen molar-refractivity contribution in [2.75, 3.05) is 14.2 Å². The Kier molecular flexibility index (Phi) is 4.47. The highest BCUT2D eigenvalue weighted by Crippen LogP contribution is 2.35. The van der Waals surface area contributed by atoms with Crippen LogP contribution in [0.5, 0.6) is 0 Å². The van der Waals surface area contributed by atoms with E-state index in [1.54, 1.807) is 18.4 Å². The molecule has 0 aliphatic carbocycles. The maximum absolute atomic E-state index is 5.58. The van der Waals surface area contributed by atoms with Gasteiger partial charge in [-0.3, -0.25) is 0 Å². The van der Waals surface area contributed by atoms with Crippen LogP contribution in [0.2, 0.25) is 0 Å². The Morgan fingerprint density at radius 1 is 1.56 bits per heavy atom. The van der Waals surface area contributed by atoms with E-state index in [-0.39, 0.29) is 5.60 Å². The maximum atomic E-state index is 5.58. The standard InChI is InChI=1S/C12H22N2OS/c1-7-12(4,15-6)11-14-9(3)10(16-11)8(2)13-5/h8,13H,7H2,1-6H3. The van der Waals surface area contributed by atoms with Crippen LogP contribution in [0.25, 0.3) is 0 Å². The van der Waals surface area contributed by atoms with Gasteiger partial charge in [0.15, 0.2) is 0 Å². The fraction of sp³-hybridized carbons (Fsp3) is 0.750. The highest BCUT2D eigenvalue weighted by Gasteiger charge is 2.29. The van der Waals surface area contributed by atoms with Gasteiger partial charge in [-0.25, -0.2) is 4.98 Å². The molecule has 16 heavy (non-hydrogen) atoms. The zero-order valence-corrected chi connectivity index (χ0v) is 11.9. The van der Waals surface area contributed by atoms with Crippen LogP contribution in [-0.4, -0.2) is 19.1 Å². The number of hydrogen-bond donors (Lipinski definition) is 1. The monoisotopic (exact) mass is 242 g/mol. The molecule has 1 heterocycles. The van der Waals surface area contributed by atoms with Crippen molar-refractivity contribution in [2.45, 2.75) is 45.8 Å². The van der Waals surface area contributed by atoms with Gasteiger partial charge >= 0.3 is 0 Å². The first-order chi connectivity index (χ1) is 7.48. The lowest BCUT2D eigenvalue weighted by molar-refractivity contribution is -0.00163. The summed E-state index contributed by atoms with van der Waals surface area (Å²) in [6.45, 7) is 8.44. The van der Waals surface area contributed by atoms with E-state index in [9.17, 15) is 0 Å². The van der Waals surface area contributed by atoms with E-state index in [0.29, 0.717) is 6.04 Å². The van der Waals surface area contributed by atoms with Gasteiger partial charge < -0.3 is 10.1 Å². The summed E-state index contributed by atoms with van der Waals surface area (Å²) in [6, 6.07) is 0.351. The molecule has 3 nitrogen and oxygen atoms in total. The van der Waals surface area contributed by atoms with Crippen LogP contribution in [0.1, 0.15) is 48.8 Å². The van der Waals surface area contributed by atoms with Crippen LogP contribution in [0.3, 0.4) is 0 Å². The number of ether oxygens (including phenoxy) is 1. The summed E-state index contributed by atoms with van der Waals surface area (Å²) in [6.07, 6.45) is 0.934. The first-order valence-electron chi connectivity index (χ1n) is 5.68. The van der Waals surface area contributed by atoms with Gasteiger partial charge in [-0.05, 0) is 34.2 Å². The molecule has 0 aromatic carbocycles. The smallest absolute Gasteiger partial charge is 0.125 e. The first-order valence-corrected chi connectivity index (χ1v) is 6.50. The van der Waals surface area contributed by atoms with E-state index < -0.39 is 0 Å². The molecule has 0 saturated heterocycles. The van der Waals surface area contributed by atoms with E-state index >= 15 is 0 Å². The molecule has 0 aliphatic heterocycles. The largest absolute Gasteiger partial charge is 0.371 e. The van der Waals surface area contributed by atoms with Crippen molar-refractivity contribution in [2.24, 2.45) is 0 Å². The van der Waals surface area contributed by atoms with E-state index in [1.165, 1.54) is 4.88 Å². The van der Waals surface area contributed by atoms with Crippen LogP contribution >= 0.6 is 11.3 Å². The van der Waals surface area contributed by atoms with Crippen molar-refractivity contribution in [1.82, 2.24) is 10.3 Å². The lowest BCUT2D eigenvalue weighted by Crippen LogP contribution is -2.22. The molecule has 0 spiro atoms. The number of aromatic nitrogens is 1. The minimum absolute atomic E-state index is 0.249. The van der Waals surface area contributed by atoms with Gasteiger partial charge in [0.05, 0.1) is 5.69 Å². The van der Waals surface area contributed by atoms with Crippen LogP contribution in [-0.2, 0) is 10.3 Å². The summed E-state index contributed by atoms with van der Waals surface area (Å²) < 4.78 is 5.58. The minimum atomic E-state index is -0.249. The van der Waals surface area contributed by atoms with Gasteiger partial charge in [-0.2, -0.15) is 0 Å². The number of hydrogen-bond acceptors (Lipinski definition) is 4. The van der Waals surface area contributed by atoms with Crippen molar-refractivity contribution in [3.63, 3.8) is 0 Å². The van der Waals surface area contributed by atoms with E-state index in [1.807, 2.05) is 7.05 Å². The van der Waals surface area contributed by atoms with Crippen LogP contribution < -0.4 is 5.32 Å². The highest BCUT2D eigenvalue weighted by molar-refractivity contribution is 7.12. The SMILES string of the molecule is CCC(C)(OC)c1nc(C)c(C(C)NC)s1. The third-order valence-electron chi connectivity index (χ3n) is 3.24. The predicted molar refractivity (Wildman–Crippen MR) is 69.0 cm³/mol. The van der Waals surface area contributed by atoms with Gasteiger partial charge in [0.25, 0.3) is 0 Å². The Balaban J connectivity index is 3.09. The van der Waals surface area contributed by atoms with E-state index in [2.05, 4.69) is 38.0 Å². The minimum Gasteiger partial charge on any atom is -0.371 e. The fourth-order valence-corrected chi connectivity index (χ4v) is 2.87. The van der Waals surface area contributed by atoms with Gasteiger partial charge in [0, 0.05) is 18.0 Å². The Morgan fingerprint density at radius 2 is 2.19 bits per heavy atom. The van der Waals surface area contributed by atoms with Crippen molar-refractivity contribution < 1.29 is 4.74 Å². The van der Waals surface area contributed by atoms with E-state index in [0.717, 1.165) is 17.1 Å². The summed E-state index contributed by atoms with van der Waals surface area (Å²) in [4.78, 5) is 5.95. The second-order valence-electron chi connectivity index (χ2n) is 4.27. The molecule has 1 aromatic heterocycles. The third kappa shape index (κ3) is 2.44. The molecule has 1 rings (SSSR count). The summed E-state index contributed by atoms with van der Waals surface area (Å²) >= 11 is 1.75. The number of thiazole rings is 1. The zero-order chi connectivity index (χ0) is 12.3. The van der Waals surface area contributed by atoms with Gasteiger partial charge in [0.1, 0.15) is 10.6 Å². The average Bonchev–Trinajstić information content (AvgIpc) is 2.69. The number of rotatable bonds is 5. The molecule has 0 bridgehead atoms. The van der Waals surface area contributed by atoms with Crippen LogP contribution in [0, 0.1) is 6.92 Å². The molecular weight excluding hydrogens is 220 g/mol. The third-order valence-corrected chi connectivity index (χ3v) is 4.82. The van der Waals surface area contributed by atoms with Gasteiger partial charge in [0.2, 0.25) is 0 Å². The normalized spacial score (nSPS) is 17.1. The Hall–Kier alpha value is -0.450. The molecule has 2 unspecified atom stereocenters. The Labute approximate surface area is 102 Å². The molecule has 2 atom stereocenters. The van der Waals surface area contributed by atoms with Crippen LogP contribution in [0.15, 0.2) is 0 Å². The summed E-state index contributed by atoms with van der Waals surface area (Å²) in [7, 11) is 3.72. The summed E-state index contributed by atoms with van der Waals surface area (Å²) in [5.41, 5.74) is 0.861. The molecule has 0 radical (unpaired) electrons. The molecule has 0 aliphatic rings. The van der Waals surface area contributed by atoms with E-state index in [4.69, 9.17) is 4.74 Å². The number of aryl methyl sites for hydroxylation is 1. The van der Waals surface area contributed by atoms with Crippen molar-refractivity contribution in [3.05, 3.63) is 15.6 Å². The Bertz CT molecular complexity index is 345. The first kappa shape index (κ1) is 13.6. The summed E-state index contributed by atoms with van der Waals surface area (Å²) in [5.74, 6) is 0. The average molecular weight is 242 g/mol.